The third-order valence-electron chi connectivity index (χ3n) is 4.99. The number of rotatable bonds is 8. The summed E-state index contributed by atoms with van der Waals surface area (Å²) in [6.07, 6.45) is 5.53. The van der Waals surface area contributed by atoms with Crippen molar-refractivity contribution >= 4 is 11.8 Å². The van der Waals surface area contributed by atoms with Crippen LogP contribution in [0.25, 0.3) is 0 Å². The quantitative estimate of drug-likeness (QED) is 0.721. The van der Waals surface area contributed by atoms with Crippen molar-refractivity contribution in [3.05, 3.63) is 53.9 Å². The lowest BCUT2D eigenvalue weighted by Gasteiger charge is -2.32. The van der Waals surface area contributed by atoms with Crippen molar-refractivity contribution in [1.82, 2.24) is 15.2 Å². The fourth-order valence-corrected chi connectivity index (χ4v) is 3.42. The van der Waals surface area contributed by atoms with Gasteiger partial charge < -0.3 is 19.7 Å². The first-order valence-electron chi connectivity index (χ1n) is 10.5. The molecule has 0 atom stereocenters. The zero-order chi connectivity index (χ0) is 21.3. The van der Waals surface area contributed by atoms with Crippen LogP contribution in [0.15, 0.2) is 42.7 Å². The van der Waals surface area contributed by atoms with Crippen molar-refractivity contribution in [2.24, 2.45) is 0 Å². The van der Waals surface area contributed by atoms with Crippen LogP contribution in [0.4, 0.5) is 0 Å². The summed E-state index contributed by atoms with van der Waals surface area (Å²) in [5, 5.41) is 3.03. The van der Waals surface area contributed by atoms with Gasteiger partial charge in [0.25, 0.3) is 11.8 Å². The van der Waals surface area contributed by atoms with E-state index in [1.54, 1.807) is 42.7 Å². The van der Waals surface area contributed by atoms with Gasteiger partial charge in [0.05, 0.1) is 18.8 Å². The fraction of sp³-hybridized carbons (Fsp3) is 0.435. The average Bonchev–Trinajstić information content (AvgIpc) is 2.79. The summed E-state index contributed by atoms with van der Waals surface area (Å²) in [6, 6.07) is 8.87. The summed E-state index contributed by atoms with van der Waals surface area (Å²) in [7, 11) is 0. The highest BCUT2D eigenvalue weighted by Crippen LogP contribution is 2.29. The van der Waals surface area contributed by atoms with E-state index in [0.29, 0.717) is 61.8 Å². The van der Waals surface area contributed by atoms with Crippen LogP contribution in [0.5, 0.6) is 11.5 Å². The number of carbonyl (C=O) groups excluding carboxylic acids is 2. The predicted molar refractivity (Wildman–Crippen MR) is 114 cm³/mol. The number of benzene rings is 1. The van der Waals surface area contributed by atoms with E-state index in [1.807, 2.05) is 18.7 Å². The van der Waals surface area contributed by atoms with Gasteiger partial charge in [0.15, 0.2) is 11.5 Å². The van der Waals surface area contributed by atoms with Crippen LogP contribution in [0.3, 0.4) is 0 Å². The Labute approximate surface area is 177 Å². The first kappa shape index (κ1) is 21.6. The Hall–Kier alpha value is -3.09. The molecule has 30 heavy (non-hydrogen) atoms. The number of nitrogens with one attached hydrogen (secondary N) is 1. The van der Waals surface area contributed by atoms with E-state index in [1.165, 1.54) is 0 Å². The fourth-order valence-electron chi connectivity index (χ4n) is 3.42. The average molecular weight is 412 g/mol. The molecule has 0 aliphatic carbocycles. The van der Waals surface area contributed by atoms with Crippen LogP contribution in [-0.4, -0.2) is 54.0 Å². The van der Waals surface area contributed by atoms with Gasteiger partial charge in [-0.05, 0) is 56.5 Å². The van der Waals surface area contributed by atoms with E-state index in [4.69, 9.17) is 9.47 Å². The zero-order valence-corrected chi connectivity index (χ0v) is 17.6. The SMILES string of the molecule is CCCOc1ccc(C(=O)N2CCC(NC(=O)c3cccnc3)CC2)cc1OCC. The van der Waals surface area contributed by atoms with E-state index >= 15 is 0 Å². The first-order chi connectivity index (χ1) is 14.6. The number of ether oxygens (including phenoxy) is 2. The van der Waals surface area contributed by atoms with Gasteiger partial charge in [-0.15, -0.1) is 0 Å². The molecule has 160 valence electrons. The molecule has 1 saturated heterocycles. The lowest BCUT2D eigenvalue weighted by Crippen LogP contribution is -2.46. The minimum absolute atomic E-state index is 0.0324. The Balaban J connectivity index is 1.58. The molecule has 1 aromatic carbocycles. The van der Waals surface area contributed by atoms with Crippen molar-refractivity contribution in [3.63, 3.8) is 0 Å². The van der Waals surface area contributed by atoms with Crippen molar-refractivity contribution < 1.29 is 19.1 Å². The molecule has 2 aromatic rings. The van der Waals surface area contributed by atoms with E-state index in [9.17, 15) is 9.59 Å². The number of carbonyl (C=O) groups is 2. The second-order valence-corrected chi connectivity index (χ2v) is 7.22. The Morgan fingerprint density at radius 1 is 1.10 bits per heavy atom. The van der Waals surface area contributed by atoms with Gasteiger partial charge in [-0.2, -0.15) is 0 Å². The molecule has 7 heteroatoms. The smallest absolute Gasteiger partial charge is 0.253 e. The largest absolute Gasteiger partial charge is 0.490 e. The Morgan fingerprint density at radius 3 is 2.57 bits per heavy atom. The maximum atomic E-state index is 13.0. The van der Waals surface area contributed by atoms with Gasteiger partial charge in [-0.3, -0.25) is 14.6 Å². The standard InChI is InChI=1S/C23H29N3O4/c1-3-14-30-20-8-7-17(15-21(20)29-4-2)23(28)26-12-9-19(10-13-26)25-22(27)18-6-5-11-24-16-18/h5-8,11,15-16,19H,3-4,9-10,12-14H2,1-2H3,(H,25,27). The molecule has 0 unspecified atom stereocenters. The van der Waals surface area contributed by atoms with Crippen LogP contribution in [0.2, 0.25) is 0 Å². The lowest BCUT2D eigenvalue weighted by molar-refractivity contribution is 0.0697. The topological polar surface area (TPSA) is 80.8 Å². The van der Waals surface area contributed by atoms with Gasteiger partial charge in [0.1, 0.15) is 0 Å². The first-order valence-corrected chi connectivity index (χ1v) is 10.5. The zero-order valence-electron chi connectivity index (χ0n) is 17.6. The number of hydrogen-bond donors (Lipinski definition) is 1. The molecule has 0 radical (unpaired) electrons. The van der Waals surface area contributed by atoms with Gasteiger partial charge in [-0.1, -0.05) is 6.92 Å². The van der Waals surface area contributed by atoms with Crippen molar-refractivity contribution in [3.8, 4) is 11.5 Å². The maximum Gasteiger partial charge on any atom is 0.253 e. The van der Waals surface area contributed by atoms with Crippen LogP contribution in [0, 0.1) is 0 Å². The van der Waals surface area contributed by atoms with Crippen LogP contribution < -0.4 is 14.8 Å². The maximum absolute atomic E-state index is 13.0. The van der Waals surface area contributed by atoms with Gasteiger partial charge in [0, 0.05) is 37.1 Å². The number of amides is 2. The second kappa shape index (κ2) is 10.6. The summed E-state index contributed by atoms with van der Waals surface area (Å²) in [5.41, 5.74) is 1.13. The lowest BCUT2D eigenvalue weighted by atomic mass is 10.0. The highest BCUT2D eigenvalue weighted by atomic mass is 16.5. The van der Waals surface area contributed by atoms with Crippen molar-refractivity contribution in [2.45, 2.75) is 39.2 Å². The normalized spacial score (nSPS) is 14.3. The molecular formula is C23H29N3O4. The number of likely N-dealkylation sites (tertiary alicyclic amines) is 1. The molecule has 2 amide bonds. The predicted octanol–water partition coefficient (Wildman–Crippen LogP) is 3.30. The van der Waals surface area contributed by atoms with Gasteiger partial charge >= 0.3 is 0 Å². The Kier molecular flexibility index (Phi) is 7.65. The molecular weight excluding hydrogens is 382 g/mol. The summed E-state index contributed by atoms with van der Waals surface area (Å²) < 4.78 is 11.4. The van der Waals surface area contributed by atoms with Crippen LogP contribution >= 0.6 is 0 Å². The molecule has 1 aliphatic heterocycles. The van der Waals surface area contributed by atoms with Crippen LogP contribution in [0.1, 0.15) is 53.8 Å². The van der Waals surface area contributed by atoms with E-state index in [0.717, 1.165) is 6.42 Å². The molecule has 0 spiro atoms. The van der Waals surface area contributed by atoms with Gasteiger partial charge in [-0.25, -0.2) is 0 Å². The summed E-state index contributed by atoms with van der Waals surface area (Å²) in [6.45, 7) is 6.24. The molecule has 0 saturated carbocycles. The minimum atomic E-state index is -0.128. The van der Waals surface area contributed by atoms with Gasteiger partial charge in [0.2, 0.25) is 0 Å². The number of nitrogens with zero attached hydrogens (tertiary/aromatic N) is 2. The molecule has 1 fully saturated rings. The van der Waals surface area contributed by atoms with E-state index in [2.05, 4.69) is 10.3 Å². The minimum Gasteiger partial charge on any atom is -0.490 e. The third kappa shape index (κ3) is 5.49. The Morgan fingerprint density at radius 2 is 1.90 bits per heavy atom. The molecule has 2 heterocycles. The van der Waals surface area contributed by atoms with E-state index < -0.39 is 0 Å². The Bertz CT molecular complexity index is 849. The number of aromatic nitrogens is 1. The molecule has 1 aromatic heterocycles. The summed E-state index contributed by atoms with van der Waals surface area (Å²) >= 11 is 0. The summed E-state index contributed by atoms with van der Waals surface area (Å²) in [4.78, 5) is 31.1. The third-order valence-corrected chi connectivity index (χ3v) is 4.99. The molecule has 0 bridgehead atoms. The van der Waals surface area contributed by atoms with Crippen LogP contribution in [-0.2, 0) is 0 Å². The van der Waals surface area contributed by atoms with E-state index in [-0.39, 0.29) is 17.9 Å². The van der Waals surface area contributed by atoms with Crippen molar-refractivity contribution in [1.29, 1.82) is 0 Å². The number of hydrogen-bond acceptors (Lipinski definition) is 5. The molecule has 7 nitrogen and oxygen atoms in total. The molecule has 3 rings (SSSR count). The highest BCUT2D eigenvalue weighted by molar-refractivity contribution is 5.95. The van der Waals surface area contributed by atoms with Crippen molar-refractivity contribution in [2.75, 3.05) is 26.3 Å². The number of piperidine rings is 1. The monoisotopic (exact) mass is 411 g/mol. The molecule has 1 aliphatic rings. The number of pyridine rings is 1. The molecule has 1 N–H and O–H groups in total. The second-order valence-electron chi connectivity index (χ2n) is 7.22. The highest BCUT2D eigenvalue weighted by Gasteiger charge is 2.25. The summed E-state index contributed by atoms with van der Waals surface area (Å²) in [5.74, 6) is 1.09.